The summed E-state index contributed by atoms with van der Waals surface area (Å²) in [5.41, 5.74) is 0.627. The highest BCUT2D eigenvalue weighted by Gasteiger charge is 2.42. The Labute approximate surface area is 552 Å². The van der Waals surface area contributed by atoms with Crippen LogP contribution in [0.3, 0.4) is 0 Å². The number of likely N-dealkylation sites (N-methyl/N-ethyl adjacent to an activating group) is 7. The van der Waals surface area contributed by atoms with E-state index in [1.54, 1.807) is 71.9 Å². The molecule has 520 valence electrons. The number of rotatable bonds is 15. The van der Waals surface area contributed by atoms with Gasteiger partial charge in [-0.25, -0.2) is 0 Å². The lowest BCUT2D eigenvalue weighted by atomic mass is 9.95. The number of unbranched alkanes of at least 4 members (excludes halogenated alkanes) is 3. The van der Waals surface area contributed by atoms with Crippen LogP contribution in [0.1, 0.15) is 139 Å². The average molecular weight is 1300 g/mol. The zero-order chi connectivity index (χ0) is 70.4. The van der Waals surface area contributed by atoms with Crippen LogP contribution in [0.4, 0.5) is 0 Å². The number of nitrogens with zero attached hydrogens (tertiary/aromatic N) is 7. The summed E-state index contributed by atoms with van der Waals surface area (Å²) in [4.78, 5) is 168. The van der Waals surface area contributed by atoms with Crippen molar-refractivity contribution in [1.82, 2.24) is 55.6 Å². The normalized spacial score (nSPS) is 25.5. The van der Waals surface area contributed by atoms with Gasteiger partial charge in [0.2, 0.25) is 59.1 Å². The van der Waals surface area contributed by atoms with Gasteiger partial charge >= 0.3 is 0 Å². The summed E-state index contributed by atoms with van der Waals surface area (Å²) in [6.45, 7) is 19.4. The molecule has 0 radical (unpaired) electrons. The number of benzene rings is 2. The zero-order valence-electron chi connectivity index (χ0n) is 58.9. The molecule has 3 rings (SSSR count). The first-order chi connectivity index (χ1) is 43.4. The number of hydrogen-bond donors (Lipinski definition) is 5. The Morgan fingerprint density at radius 3 is 1.67 bits per heavy atom. The van der Waals surface area contributed by atoms with Gasteiger partial charge in [-0.1, -0.05) is 121 Å². The second-order valence-electron chi connectivity index (χ2n) is 27.1. The lowest BCUT2D eigenvalue weighted by molar-refractivity contribution is -0.151. The molecule has 1 aliphatic rings. The summed E-state index contributed by atoms with van der Waals surface area (Å²) in [5.74, 6) is -8.24. The third-order valence-corrected chi connectivity index (χ3v) is 17.4. The van der Waals surface area contributed by atoms with Crippen molar-refractivity contribution in [3.05, 3.63) is 71.8 Å². The van der Waals surface area contributed by atoms with E-state index >= 15 is 4.79 Å². The molecule has 0 aliphatic carbocycles. The van der Waals surface area contributed by atoms with Crippen LogP contribution in [-0.2, 0) is 70.3 Å². The predicted molar refractivity (Wildman–Crippen MR) is 357 cm³/mol. The molecule has 0 saturated carbocycles. The molecule has 11 atom stereocenters. The monoisotopic (exact) mass is 1300 g/mol. The van der Waals surface area contributed by atoms with Crippen LogP contribution in [0, 0.1) is 17.8 Å². The lowest BCUT2D eigenvalue weighted by Gasteiger charge is -2.38. The van der Waals surface area contributed by atoms with Crippen molar-refractivity contribution in [1.29, 1.82) is 0 Å². The number of amides is 10. The number of carbonyl (C=O) groups is 11. The summed E-state index contributed by atoms with van der Waals surface area (Å²) in [7, 11) is 10.0. The molecule has 24 nitrogen and oxygen atoms in total. The fraction of sp³-hybridized carbons (Fsp3) is 0.667. The molecule has 1 aliphatic heterocycles. The second-order valence-corrected chi connectivity index (χ2v) is 27.1. The minimum Gasteiger partial charge on any atom is -0.391 e. The molecule has 5 N–H and O–H groups in total. The minimum absolute atomic E-state index is 0.0181. The third-order valence-electron chi connectivity index (χ3n) is 17.4. The maximum absolute atomic E-state index is 15.1. The first-order valence-electron chi connectivity index (χ1n) is 32.8. The molecular weight excluding hydrogens is 1190 g/mol. The van der Waals surface area contributed by atoms with Crippen molar-refractivity contribution in [3.8, 4) is 0 Å². The number of aliphatic hydroxyl groups is 1. The van der Waals surface area contributed by atoms with Crippen LogP contribution in [0.2, 0.25) is 0 Å². The molecule has 0 bridgehead atoms. The fourth-order valence-corrected chi connectivity index (χ4v) is 11.3. The number of ether oxygens (including phenoxy) is 1. The van der Waals surface area contributed by atoms with Gasteiger partial charge in [-0.2, -0.15) is 0 Å². The van der Waals surface area contributed by atoms with E-state index in [4.69, 9.17) is 4.74 Å². The number of ketones is 1. The molecule has 1 fully saturated rings. The Morgan fingerprint density at radius 2 is 1.14 bits per heavy atom. The number of carbonyl (C=O) groups excluding carboxylic acids is 11. The third kappa shape index (κ3) is 24.2. The summed E-state index contributed by atoms with van der Waals surface area (Å²) < 4.78 is 6.09. The highest BCUT2D eigenvalue weighted by molar-refractivity contribution is 5.98. The molecule has 2 aromatic carbocycles. The molecule has 1 saturated heterocycles. The van der Waals surface area contributed by atoms with Gasteiger partial charge in [0.25, 0.3) is 0 Å². The van der Waals surface area contributed by atoms with Gasteiger partial charge in [-0.05, 0) is 90.7 Å². The van der Waals surface area contributed by atoms with Crippen LogP contribution >= 0.6 is 0 Å². The quantitative estimate of drug-likeness (QED) is 0.160. The van der Waals surface area contributed by atoms with Crippen molar-refractivity contribution in [2.24, 2.45) is 17.8 Å². The van der Waals surface area contributed by atoms with Crippen molar-refractivity contribution in [2.45, 2.75) is 207 Å². The standard InChI is InChI=1S/C69H111N11O13/c1-20-21-22-29-34-51-39-70-40-56(82)53(37-49-30-25-23-26-31-49)77(16)64(88)47(8)76(15)63(87)46(7)71-62(86)60(44(4)5)80(19)67(91)55(38-50-32-27-24-28-33-50)79(18)66(90)52(42-93-69(10,11)12)72-57(83)36-45(6)75(14)58(84)41-74(13)68(92)59(48(9)81)73-61(85)54(35-43(2)3)78(17)65(51)89/h23-28,30-33,43-48,51-55,59-60,70,81H,20-22,29,34-42H2,1-19H3,(H,71,86)(H,72,83)(H,73,85)/t45-,46-,47-,48+,51+,52-,53-,54-,55-,59-,60-/m0/s1. The topological polar surface area (TPSA) is 288 Å². The molecular formula is C69H111N11O13. The lowest BCUT2D eigenvalue weighted by Crippen LogP contribution is -2.61. The number of nitrogens with one attached hydrogen (secondary N) is 4. The Morgan fingerprint density at radius 1 is 0.591 bits per heavy atom. The van der Waals surface area contributed by atoms with Gasteiger partial charge in [0.15, 0.2) is 5.78 Å². The van der Waals surface area contributed by atoms with Crippen LogP contribution in [0.15, 0.2) is 60.7 Å². The van der Waals surface area contributed by atoms with Crippen LogP contribution in [0.5, 0.6) is 0 Å². The maximum Gasteiger partial charge on any atom is 0.248 e. The SMILES string of the molecule is CCCCCC[C@@H]1CNCC(=O)[C@H](Cc2ccccc2)N(C)C(=O)[C@H](C)N(C)C(=O)[C@H](C)NC(=O)[C@H](C(C)C)N(C)C(=O)[C@H](Cc2ccccc2)N(C)C(=O)[C@H](COC(C)(C)C)NC(=O)C[C@H](C)N(C)C(=O)CN(C)C(=O)[C@H]([C@@H](C)O)NC(=O)[C@H](CC(C)C)N(C)C1=O. The van der Waals surface area contributed by atoms with E-state index in [-0.39, 0.29) is 57.1 Å². The number of Topliss-reactive ketones (excluding diaryl/α,β-unsaturated/α-hetero) is 1. The van der Waals surface area contributed by atoms with E-state index < -0.39 is 144 Å². The summed E-state index contributed by atoms with van der Waals surface area (Å²) in [6, 6.07) is 7.27. The van der Waals surface area contributed by atoms with E-state index in [0.29, 0.717) is 18.4 Å². The van der Waals surface area contributed by atoms with E-state index in [1.807, 2.05) is 44.2 Å². The largest absolute Gasteiger partial charge is 0.391 e. The van der Waals surface area contributed by atoms with Crippen LogP contribution in [0.25, 0.3) is 0 Å². The Balaban J connectivity index is 2.22. The zero-order valence-corrected chi connectivity index (χ0v) is 58.9. The summed E-state index contributed by atoms with van der Waals surface area (Å²) in [5, 5.41) is 22.5. The predicted octanol–water partition coefficient (Wildman–Crippen LogP) is 3.45. The smallest absolute Gasteiger partial charge is 0.248 e. The van der Waals surface area contributed by atoms with Crippen molar-refractivity contribution in [2.75, 3.05) is 75.6 Å². The number of aliphatic hydroxyl groups excluding tert-OH is 1. The molecule has 1 heterocycles. The average Bonchev–Trinajstić information content (AvgIpc) is 1.18. The van der Waals surface area contributed by atoms with E-state index in [9.17, 15) is 53.1 Å². The number of hydrogen-bond acceptors (Lipinski definition) is 14. The van der Waals surface area contributed by atoms with Crippen molar-refractivity contribution in [3.63, 3.8) is 0 Å². The molecule has 24 heteroatoms. The van der Waals surface area contributed by atoms with Crippen LogP contribution < -0.4 is 21.3 Å². The van der Waals surface area contributed by atoms with Gasteiger partial charge in [0.05, 0.1) is 43.4 Å². The molecule has 2 aromatic rings. The fourth-order valence-electron chi connectivity index (χ4n) is 11.3. The first-order valence-corrected chi connectivity index (χ1v) is 32.8. The summed E-state index contributed by atoms with van der Waals surface area (Å²) in [6.07, 6.45) is 2.21. The van der Waals surface area contributed by atoms with E-state index in [2.05, 4.69) is 28.2 Å². The molecule has 0 aromatic heterocycles. The van der Waals surface area contributed by atoms with Crippen molar-refractivity contribution < 1.29 is 62.6 Å². The van der Waals surface area contributed by atoms with Crippen LogP contribution in [-0.4, -0.2) is 246 Å². The molecule has 0 spiro atoms. The van der Waals surface area contributed by atoms with Gasteiger partial charge in [-0.3, -0.25) is 52.7 Å². The molecule has 10 amide bonds. The molecule has 0 unspecified atom stereocenters. The van der Waals surface area contributed by atoms with Gasteiger partial charge in [0.1, 0.15) is 42.3 Å². The maximum atomic E-state index is 15.1. The van der Waals surface area contributed by atoms with Crippen molar-refractivity contribution >= 4 is 64.9 Å². The second kappa shape index (κ2) is 37.5. The van der Waals surface area contributed by atoms with E-state index in [0.717, 1.165) is 29.7 Å². The first kappa shape index (κ1) is 79.9. The van der Waals surface area contributed by atoms with Gasteiger partial charge < -0.3 is 65.4 Å². The Hall–Kier alpha value is -7.31. The minimum atomic E-state index is -1.56. The highest BCUT2D eigenvalue weighted by atomic mass is 16.5. The molecule has 93 heavy (non-hydrogen) atoms. The Bertz CT molecular complexity index is 2820. The Kier molecular flexibility index (Phi) is 32.3. The van der Waals surface area contributed by atoms with Gasteiger partial charge in [-0.15, -0.1) is 0 Å². The summed E-state index contributed by atoms with van der Waals surface area (Å²) >= 11 is 0. The van der Waals surface area contributed by atoms with Gasteiger partial charge in [0, 0.05) is 74.8 Å². The van der Waals surface area contributed by atoms with E-state index in [1.165, 1.54) is 99.5 Å². The highest BCUT2D eigenvalue weighted by Crippen LogP contribution is 2.22.